The first kappa shape index (κ1) is 76.7. The van der Waals surface area contributed by atoms with Crippen LogP contribution in [0.5, 0.6) is 0 Å². The fraction of sp³-hybridized carbons (Fsp3) is 0.826. The molecule has 9 nitrogen and oxygen atoms in total. The fourth-order valence-corrected chi connectivity index (χ4v) is 10.4. The van der Waals surface area contributed by atoms with Crippen molar-refractivity contribution in [1.82, 2.24) is 5.32 Å². The van der Waals surface area contributed by atoms with Crippen molar-refractivity contribution in [1.29, 1.82) is 0 Å². The largest absolute Gasteiger partial charge is 0.756 e. The van der Waals surface area contributed by atoms with Crippen LogP contribution in [-0.2, 0) is 27.9 Å². The lowest BCUT2D eigenvalue weighted by atomic mass is 10.0. The van der Waals surface area contributed by atoms with Crippen LogP contribution < -0.4 is 10.2 Å². The van der Waals surface area contributed by atoms with Crippen molar-refractivity contribution in [3.8, 4) is 0 Å². The number of ether oxygens (including phenoxy) is 1. The Labute approximate surface area is 490 Å². The van der Waals surface area contributed by atoms with Gasteiger partial charge in [0.2, 0.25) is 5.91 Å². The molecule has 0 aliphatic carbocycles. The number of nitrogens with zero attached hydrogens (tertiary/aromatic N) is 1. The second-order valence-corrected chi connectivity index (χ2v) is 25.4. The van der Waals surface area contributed by atoms with E-state index in [9.17, 15) is 19.0 Å². The van der Waals surface area contributed by atoms with Crippen molar-refractivity contribution in [3.05, 3.63) is 60.8 Å². The maximum atomic E-state index is 13.5. The minimum atomic E-state index is -4.70. The molecule has 0 rings (SSSR count). The molecule has 0 saturated heterocycles. The van der Waals surface area contributed by atoms with Crippen molar-refractivity contribution in [2.24, 2.45) is 0 Å². The summed E-state index contributed by atoms with van der Waals surface area (Å²) < 4.78 is 30.4. The van der Waals surface area contributed by atoms with Crippen LogP contribution in [0.1, 0.15) is 316 Å². The smallest absolute Gasteiger partial charge is 0.306 e. The Bertz CT molecular complexity index is 1540. The van der Waals surface area contributed by atoms with E-state index in [1.54, 1.807) is 0 Å². The molecule has 0 bridgehead atoms. The molecule has 1 N–H and O–H groups in total. The number of nitrogens with one attached hydrogen (secondary N) is 1. The van der Waals surface area contributed by atoms with Crippen LogP contribution in [0.3, 0.4) is 0 Å². The fourth-order valence-electron chi connectivity index (χ4n) is 9.70. The first-order valence-electron chi connectivity index (χ1n) is 33.6. The molecule has 0 aromatic rings. The number of quaternary nitrogens is 1. The molecule has 0 radical (unpaired) electrons. The summed E-state index contributed by atoms with van der Waals surface area (Å²) in [4.78, 5) is 40.1. The summed E-state index contributed by atoms with van der Waals surface area (Å²) in [6, 6.07) is -0.892. The van der Waals surface area contributed by atoms with E-state index < -0.39 is 26.6 Å². The summed E-state index contributed by atoms with van der Waals surface area (Å²) in [7, 11) is 1.18. The number of carbonyl (C=O) groups is 2. The van der Waals surface area contributed by atoms with Gasteiger partial charge in [0, 0.05) is 12.8 Å². The molecular formula is C69H129N2O7P. The van der Waals surface area contributed by atoms with E-state index in [2.05, 4.69) is 74.7 Å². The first-order chi connectivity index (χ1) is 38.4. The molecular weight excluding hydrogens is 1000 g/mol. The quantitative estimate of drug-likeness (QED) is 0.0212. The van der Waals surface area contributed by atoms with Crippen molar-refractivity contribution in [2.45, 2.75) is 328 Å². The number of esters is 1. The monoisotopic (exact) mass is 1130 g/mol. The maximum absolute atomic E-state index is 13.5. The summed E-state index contributed by atoms with van der Waals surface area (Å²) in [6.45, 7) is 6.81. The number of phosphoric ester groups is 1. The molecule has 462 valence electrons. The molecule has 0 spiro atoms. The lowest BCUT2D eigenvalue weighted by molar-refractivity contribution is -0.870. The molecule has 0 aliphatic heterocycles. The van der Waals surface area contributed by atoms with Crippen LogP contribution in [0.4, 0.5) is 0 Å². The van der Waals surface area contributed by atoms with Crippen LogP contribution in [0.15, 0.2) is 60.8 Å². The maximum Gasteiger partial charge on any atom is 0.306 e. The van der Waals surface area contributed by atoms with Crippen molar-refractivity contribution < 1.29 is 37.3 Å². The number of carbonyl (C=O) groups excluding carboxylic acids is 2. The third-order valence-electron chi connectivity index (χ3n) is 14.9. The zero-order valence-electron chi connectivity index (χ0n) is 52.8. The van der Waals surface area contributed by atoms with Crippen molar-refractivity contribution in [3.63, 3.8) is 0 Å². The average Bonchev–Trinajstić information content (AvgIpc) is 3.41. The Morgan fingerprint density at radius 2 is 0.772 bits per heavy atom. The summed E-state index contributed by atoms with van der Waals surface area (Å²) in [6.07, 6.45) is 74.8. The van der Waals surface area contributed by atoms with Crippen molar-refractivity contribution in [2.75, 3.05) is 40.9 Å². The van der Waals surface area contributed by atoms with E-state index in [1.807, 2.05) is 33.3 Å². The van der Waals surface area contributed by atoms with Gasteiger partial charge in [0.25, 0.3) is 7.82 Å². The number of rotatable bonds is 61. The van der Waals surface area contributed by atoms with E-state index in [-0.39, 0.29) is 24.9 Å². The van der Waals surface area contributed by atoms with Crippen LogP contribution in [0.25, 0.3) is 0 Å². The highest BCUT2D eigenvalue weighted by molar-refractivity contribution is 7.45. The second-order valence-electron chi connectivity index (χ2n) is 24.0. The lowest BCUT2D eigenvalue weighted by Gasteiger charge is -2.30. The first-order valence-corrected chi connectivity index (χ1v) is 35.1. The number of phosphoric acid groups is 1. The van der Waals surface area contributed by atoms with Gasteiger partial charge in [-0.05, 0) is 96.0 Å². The van der Waals surface area contributed by atoms with Gasteiger partial charge in [-0.2, -0.15) is 0 Å². The molecule has 3 atom stereocenters. The van der Waals surface area contributed by atoms with Gasteiger partial charge in [0.05, 0.1) is 33.8 Å². The Hall–Kier alpha value is -2.29. The Kier molecular flexibility index (Phi) is 57.2. The lowest BCUT2D eigenvalue weighted by Crippen LogP contribution is -2.47. The van der Waals surface area contributed by atoms with E-state index in [0.717, 1.165) is 83.5 Å². The zero-order valence-corrected chi connectivity index (χ0v) is 53.7. The standard InChI is InChI=1S/C69H129N2O7P/c1-7-10-13-16-19-22-25-27-29-31-32-33-34-35-36-37-38-40-42-44-47-50-53-56-59-62-69(73)78-67(60-57-54-51-48-45-24-21-18-15-12-9-3)66(65-77-79(74,75)76-64-63-71(4,5)6)70-68(72)61-58-55-52-49-46-43-41-39-30-28-26-23-20-17-14-11-8-2/h19-20,22-23,27-30,57,60,66-67H,7-18,21,24-26,31-56,58-59,61-65H2,1-6H3,(H-,70,72,74,75)/b22-19-,23-20-,29-27-,30-28-,60-57-. The number of allylic oxidation sites excluding steroid dienone is 9. The van der Waals surface area contributed by atoms with Gasteiger partial charge < -0.3 is 28.5 Å². The number of hydrogen-bond acceptors (Lipinski definition) is 7. The summed E-state index contributed by atoms with van der Waals surface area (Å²) >= 11 is 0. The molecule has 0 fully saturated rings. The van der Waals surface area contributed by atoms with Gasteiger partial charge in [-0.15, -0.1) is 0 Å². The highest BCUT2D eigenvalue weighted by Crippen LogP contribution is 2.38. The third kappa shape index (κ3) is 60.1. The van der Waals surface area contributed by atoms with E-state index in [4.69, 9.17) is 13.8 Å². The van der Waals surface area contributed by atoms with E-state index in [0.29, 0.717) is 17.4 Å². The van der Waals surface area contributed by atoms with Gasteiger partial charge in [0.1, 0.15) is 19.3 Å². The van der Waals surface area contributed by atoms with E-state index >= 15 is 0 Å². The number of amides is 1. The van der Waals surface area contributed by atoms with Crippen LogP contribution >= 0.6 is 7.82 Å². The van der Waals surface area contributed by atoms with Gasteiger partial charge in [-0.25, -0.2) is 0 Å². The van der Waals surface area contributed by atoms with Crippen LogP contribution in [-0.4, -0.2) is 69.4 Å². The molecule has 3 unspecified atom stereocenters. The summed E-state index contributed by atoms with van der Waals surface area (Å²) in [5, 5.41) is 3.03. The zero-order chi connectivity index (χ0) is 57.9. The molecule has 0 aromatic carbocycles. The minimum Gasteiger partial charge on any atom is -0.756 e. The molecule has 0 aliphatic rings. The predicted octanol–water partition coefficient (Wildman–Crippen LogP) is 20.4. The van der Waals surface area contributed by atoms with Crippen molar-refractivity contribution >= 4 is 19.7 Å². The van der Waals surface area contributed by atoms with Gasteiger partial charge in [0.15, 0.2) is 0 Å². The molecule has 1 amide bonds. The molecule has 10 heteroatoms. The number of hydrogen-bond donors (Lipinski definition) is 1. The van der Waals surface area contributed by atoms with Crippen LogP contribution in [0, 0.1) is 0 Å². The second kappa shape index (κ2) is 58.9. The molecule has 0 heterocycles. The highest BCUT2D eigenvalue weighted by Gasteiger charge is 2.27. The normalized spacial score (nSPS) is 14.0. The Morgan fingerprint density at radius 1 is 0.443 bits per heavy atom. The molecule has 79 heavy (non-hydrogen) atoms. The Balaban J connectivity index is 5.05. The van der Waals surface area contributed by atoms with Crippen LogP contribution in [0.2, 0.25) is 0 Å². The highest BCUT2D eigenvalue weighted by atomic mass is 31.2. The SMILES string of the molecule is CCCCC/C=C\C/C=C\CCCCCCCCCCCCCCCCCC(=O)OC(/C=C\CCCCCCCCCCC)C(COP(=O)([O-])OCC[N+](C)(C)C)NC(=O)CCCCCCCCC/C=C\C/C=C\CCCCC. The van der Waals surface area contributed by atoms with Gasteiger partial charge in [-0.1, -0.05) is 268 Å². The third-order valence-corrected chi connectivity index (χ3v) is 15.9. The molecule has 0 saturated carbocycles. The van der Waals surface area contributed by atoms with E-state index in [1.165, 1.54) is 199 Å². The number of unbranched alkanes of at least 4 members (excludes halogenated alkanes) is 37. The van der Waals surface area contributed by atoms with Gasteiger partial charge >= 0.3 is 5.97 Å². The topological polar surface area (TPSA) is 114 Å². The average molecular weight is 1130 g/mol. The Morgan fingerprint density at radius 3 is 1.16 bits per heavy atom. The number of likely N-dealkylation sites (N-methyl/N-ethyl adjacent to an activating group) is 1. The predicted molar refractivity (Wildman–Crippen MR) is 339 cm³/mol. The summed E-state index contributed by atoms with van der Waals surface area (Å²) in [5.41, 5.74) is 0. The minimum absolute atomic E-state index is 0.0241. The van der Waals surface area contributed by atoms with Gasteiger partial charge in [-0.3, -0.25) is 14.2 Å². The summed E-state index contributed by atoms with van der Waals surface area (Å²) in [5.74, 6) is -0.542. The molecule has 0 aromatic heterocycles.